The largest absolute Gasteiger partial charge is 0.510 e. The van der Waals surface area contributed by atoms with Crippen molar-refractivity contribution >= 4 is 39.7 Å². The summed E-state index contributed by atoms with van der Waals surface area (Å²) in [6, 6.07) is 9.72. The summed E-state index contributed by atoms with van der Waals surface area (Å²) in [5.74, 6) is 0.782. The summed E-state index contributed by atoms with van der Waals surface area (Å²) in [5, 5.41) is 21.8. The average molecular weight is 342 g/mol. The molecule has 5 nitrogen and oxygen atoms in total. The van der Waals surface area contributed by atoms with E-state index in [9.17, 15) is 10.4 Å². The molecule has 1 aromatic carbocycles. The standard InChI is InChI=1S/C16H14N4OS2/c1-10-8-22-16(18-10)23-9-14(21)11(7-17)15-19-12-5-3-4-6-13(12)20(15)2/h3-6,8,21H,9H2,1-2H3. The summed E-state index contributed by atoms with van der Waals surface area (Å²) in [4.78, 5) is 8.80. The van der Waals surface area contributed by atoms with Crippen LogP contribution in [0.4, 0.5) is 0 Å². The molecule has 0 unspecified atom stereocenters. The Kier molecular flexibility index (Phi) is 4.37. The molecular formula is C16H14N4OS2. The monoisotopic (exact) mass is 342 g/mol. The molecule has 7 heteroatoms. The number of fused-ring (bicyclic) bond motifs is 1. The molecular weight excluding hydrogens is 328 g/mol. The Labute approximate surface area is 141 Å². The minimum Gasteiger partial charge on any atom is -0.510 e. The topological polar surface area (TPSA) is 74.7 Å². The highest BCUT2D eigenvalue weighted by atomic mass is 32.2. The number of hydrogen-bond donors (Lipinski definition) is 1. The zero-order chi connectivity index (χ0) is 16.4. The first kappa shape index (κ1) is 15.6. The first-order chi connectivity index (χ1) is 11.1. The van der Waals surface area contributed by atoms with E-state index < -0.39 is 0 Å². The lowest BCUT2D eigenvalue weighted by molar-refractivity contribution is 0.420. The van der Waals surface area contributed by atoms with Crippen molar-refractivity contribution in [3.63, 3.8) is 0 Å². The molecule has 2 heterocycles. The second-order valence-corrected chi connectivity index (χ2v) is 7.04. The number of aryl methyl sites for hydroxylation is 2. The number of thioether (sulfide) groups is 1. The van der Waals surface area contributed by atoms with Gasteiger partial charge in [0.15, 0.2) is 10.2 Å². The number of imidazole rings is 1. The van der Waals surface area contributed by atoms with Gasteiger partial charge in [-0.1, -0.05) is 23.9 Å². The van der Waals surface area contributed by atoms with Crippen LogP contribution in [0.25, 0.3) is 16.6 Å². The van der Waals surface area contributed by atoms with E-state index in [4.69, 9.17) is 0 Å². The molecule has 0 aliphatic carbocycles. The molecule has 0 atom stereocenters. The fourth-order valence-corrected chi connectivity index (χ4v) is 3.94. The van der Waals surface area contributed by atoms with E-state index in [0.29, 0.717) is 11.6 Å². The number of hydrogen-bond acceptors (Lipinski definition) is 6. The van der Waals surface area contributed by atoms with Crippen molar-refractivity contribution in [1.29, 1.82) is 5.26 Å². The normalized spacial score (nSPS) is 12.2. The van der Waals surface area contributed by atoms with Gasteiger partial charge in [-0.3, -0.25) is 0 Å². The highest BCUT2D eigenvalue weighted by Crippen LogP contribution is 2.27. The van der Waals surface area contributed by atoms with E-state index in [-0.39, 0.29) is 11.3 Å². The smallest absolute Gasteiger partial charge is 0.155 e. The predicted molar refractivity (Wildman–Crippen MR) is 93.5 cm³/mol. The van der Waals surface area contributed by atoms with Gasteiger partial charge >= 0.3 is 0 Å². The van der Waals surface area contributed by atoms with Crippen molar-refractivity contribution in [2.45, 2.75) is 11.3 Å². The fourth-order valence-electron chi connectivity index (χ4n) is 2.21. The highest BCUT2D eigenvalue weighted by Gasteiger charge is 2.16. The van der Waals surface area contributed by atoms with Crippen molar-refractivity contribution in [3.8, 4) is 6.07 Å². The molecule has 0 saturated heterocycles. The molecule has 1 N–H and O–H groups in total. The SMILES string of the molecule is Cc1csc(SCC(O)=C(C#N)c2nc3ccccc3n2C)n1. The third-order valence-corrected chi connectivity index (χ3v) is 5.49. The molecule has 0 aliphatic rings. The minimum atomic E-state index is 0.0174. The van der Waals surface area contributed by atoms with Crippen LogP contribution in [0.5, 0.6) is 0 Å². The van der Waals surface area contributed by atoms with Crippen molar-refractivity contribution in [3.05, 3.63) is 46.9 Å². The van der Waals surface area contributed by atoms with Crippen molar-refractivity contribution < 1.29 is 5.11 Å². The average Bonchev–Trinajstić information content (AvgIpc) is 3.11. The Morgan fingerprint density at radius 3 is 2.83 bits per heavy atom. The molecule has 3 aromatic rings. The minimum absolute atomic E-state index is 0.0174. The van der Waals surface area contributed by atoms with Gasteiger partial charge in [0.2, 0.25) is 0 Å². The van der Waals surface area contributed by atoms with Gasteiger partial charge in [0, 0.05) is 18.1 Å². The Bertz CT molecular complexity index is 933. The van der Waals surface area contributed by atoms with Crippen LogP contribution in [0.1, 0.15) is 11.5 Å². The summed E-state index contributed by atoms with van der Waals surface area (Å²) in [5.41, 5.74) is 2.88. The quantitative estimate of drug-likeness (QED) is 0.442. The van der Waals surface area contributed by atoms with E-state index in [1.54, 1.807) is 0 Å². The van der Waals surface area contributed by atoms with Gasteiger partial charge in [-0.2, -0.15) is 5.26 Å². The summed E-state index contributed by atoms with van der Waals surface area (Å²) < 4.78 is 2.69. The number of nitrogens with zero attached hydrogens (tertiary/aromatic N) is 4. The van der Waals surface area contributed by atoms with Crippen LogP contribution in [-0.2, 0) is 7.05 Å². The number of aliphatic hydroxyl groups excluding tert-OH is 1. The second kappa shape index (κ2) is 6.44. The number of benzene rings is 1. The highest BCUT2D eigenvalue weighted by molar-refractivity contribution is 8.01. The van der Waals surface area contributed by atoms with Gasteiger partial charge in [-0.15, -0.1) is 11.3 Å². The van der Waals surface area contributed by atoms with Gasteiger partial charge in [-0.25, -0.2) is 9.97 Å². The van der Waals surface area contributed by atoms with Crippen LogP contribution in [0.3, 0.4) is 0 Å². The number of para-hydroxylation sites is 2. The number of rotatable bonds is 4. The molecule has 0 spiro atoms. The van der Waals surface area contributed by atoms with E-state index in [2.05, 4.69) is 16.0 Å². The predicted octanol–water partition coefficient (Wildman–Crippen LogP) is 3.92. The lowest BCUT2D eigenvalue weighted by Crippen LogP contribution is -2.00. The van der Waals surface area contributed by atoms with Crippen LogP contribution < -0.4 is 0 Å². The zero-order valence-electron chi connectivity index (χ0n) is 12.6. The maximum atomic E-state index is 10.3. The van der Waals surface area contributed by atoms with E-state index in [0.717, 1.165) is 21.1 Å². The van der Waals surface area contributed by atoms with Gasteiger partial charge in [-0.05, 0) is 19.1 Å². The summed E-state index contributed by atoms with van der Waals surface area (Å²) >= 11 is 2.94. The molecule has 0 radical (unpaired) electrons. The maximum Gasteiger partial charge on any atom is 0.155 e. The van der Waals surface area contributed by atoms with Crippen LogP contribution in [-0.4, -0.2) is 25.4 Å². The number of aromatic nitrogens is 3. The molecule has 23 heavy (non-hydrogen) atoms. The molecule has 0 aliphatic heterocycles. The Hall–Kier alpha value is -2.30. The number of nitriles is 1. The van der Waals surface area contributed by atoms with E-state index >= 15 is 0 Å². The molecule has 3 rings (SSSR count). The van der Waals surface area contributed by atoms with Crippen molar-refractivity contribution in [2.75, 3.05) is 5.75 Å². The maximum absolute atomic E-state index is 10.3. The molecule has 0 fully saturated rings. The molecule has 0 bridgehead atoms. The molecule has 2 aromatic heterocycles. The van der Waals surface area contributed by atoms with Crippen LogP contribution >= 0.6 is 23.1 Å². The van der Waals surface area contributed by atoms with Crippen LogP contribution in [0.15, 0.2) is 39.7 Å². The third kappa shape index (κ3) is 3.09. The number of thiazole rings is 1. The summed E-state index contributed by atoms with van der Waals surface area (Å²) in [6.45, 7) is 1.93. The molecule has 0 saturated carbocycles. The first-order valence-corrected chi connectivity index (χ1v) is 8.75. The van der Waals surface area contributed by atoms with Gasteiger partial charge < -0.3 is 9.67 Å². The number of aliphatic hydroxyl groups is 1. The van der Waals surface area contributed by atoms with E-state index in [1.807, 2.05) is 48.2 Å². The van der Waals surface area contributed by atoms with Gasteiger partial charge in [0.1, 0.15) is 17.4 Å². The number of allylic oxidation sites excluding steroid dienone is 1. The second-order valence-electron chi connectivity index (χ2n) is 4.96. The Morgan fingerprint density at radius 2 is 2.17 bits per heavy atom. The third-order valence-electron chi connectivity index (χ3n) is 3.34. The summed E-state index contributed by atoms with van der Waals surface area (Å²) in [6.07, 6.45) is 0. The Balaban J connectivity index is 1.93. The zero-order valence-corrected chi connectivity index (χ0v) is 14.3. The first-order valence-electron chi connectivity index (χ1n) is 6.89. The molecule has 0 amide bonds. The Morgan fingerprint density at radius 1 is 1.39 bits per heavy atom. The summed E-state index contributed by atoms with van der Waals surface area (Å²) in [7, 11) is 1.84. The van der Waals surface area contributed by atoms with Crippen molar-refractivity contribution in [1.82, 2.24) is 14.5 Å². The van der Waals surface area contributed by atoms with Crippen LogP contribution in [0.2, 0.25) is 0 Å². The van der Waals surface area contributed by atoms with Gasteiger partial charge in [0.25, 0.3) is 0 Å². The lowest BCUT2D eigenvalue weighted by Gasteiger charge is -2.04. The van der Waals surface area contributed by atoms with Crippen LogP contribution in [0, 0.1) is 18.3 Å². The molecule has 116 valence electrons. The van der Waals surface area contributed by atoms with Crippen molar-refractivity contribution in [2.24, 2.45) is 7.05 Å². The fraction of sp³-hybridized carbons (Fsp3) is 0.188. The van der Waals surface area contributed by atoms with E-state index in [1.165, 1.54) is 23.1 Å². The lowest BCUT2D eigenvalue weighted by atomic mass is 10.2. The van der Waals surface area contributed by atoms with Gasteiger partial charge in [0.05, 0.1) is 16.8 Å².